The maximum Gasteiger partial charge on any atom is 0.319 e. The van der Waals surface area contributed by atoms with E-state index in [-0.39, 0.29) is 30.1 Å². The number of hydrogen-bond acceptors (Lipinski definition) is 5. The van der Waals surface area contributed by atoms with Crippen molar-refractivity contribution in [2.24, 2.45) is 5.92 Å². The van der Waals surface area contributed by atoms with E-state index in [1.807, 2.05) is 19.1 Å². The number of rotatable bonds is 4. The molecule has 4 atom stereocenters. The highest BCUT2D eigenvalue weighted by Crippen LogP contribution is 2.45. The van der Waals surface area contributed by atoms with Gasteiger partial charge >= 0.3 is 12.1 Å². The lowest BCUT2D eigenvalue weighted by atomic mass is 9.81. The highest BCUT2D eigenvalue weighted by Gasteiger charge is 2.49. The van der Waals surface area contributed by atoms with E-state index in [1.165, 1.54) is 4.90 Å². The maximum atomic E-state index is 12.6. The number of carbonyl (C=O) groups is 2. The fraction of sp³-hybridized carbons (Fsp3) is 0.556. The molecule has 4 unspecified atom stereocenters. The second kappa shape index (κ2) is 7.05. The first kappa shape index (κ1) is 18.9. The molecule has 0 bridgehead atoms. The van der Waals surface area contributed by atoms with Crippen molar-refractivity contribution in [1.82, 2.24) is 20.4 Å². The van der Waals surface area contributed by atoms with E-state index < -0.39 is 6.17 Å². The minimum Gasteiger partial charge on any atom is -0.493 e. The molecule has 2 heterocycles. The van der Waals surface area contributed by atoms with E-state index in [0.29, 0.717) is 17.2 Å². The number of nitrogens with one attached hydrogen (secondary N) is 2. The van der Waals surface area contributed by atoms with Crippen molar-refractivity contribution < 1.29 is 23.8 Å². The van der Waals surface area contributed by atoms with E-state index in [0.717, 1.165) is 5.56 Å². The van der Waals surface area contributed by atoms with Gasteiger partial charge in [-0.1, -0.05) is 0 Å². The third-order valence-corrected chi connectivity index (χ3v) is 5.43. The van der Waals surface area contributed by atoms with Crippen molar-refractivity contribution in [3.05, 3.63) is 17.7 Å². The molecule has 2 aliphatic rings. The van der Waals surface area contributed by atoms with Gasteiger partial charge in [0.25, 0.3) is 0 Å². The summed E-state index contributed by atoms with van der Waals surface area (Å²) >= 11 is 0. The van der Waals surface area contributed by atoms with Gasteiger partial charge in [0.05, 0.1) is 27.4 Å². The third-order valence-electron chi connectivity index (χ3n) is 5.43. The largest absolute Gasteiger partial charge is 0.493 e. The van der Waals surface area contributed by atoms with E-state index in [9.17, 15) is 9.59 Å². The number of amides is 4. The van der Waals surface area contributed by atoms with E-state index in [2.05, 4.69) is 10.6 Å². The van der Waals surface area contributed by atoms with E-state index in [4.69, 9.17) is 14.2 Å². The Morgan fingerprint density at radius 1 is 0.889 bits per heavy atom. The van der Waals surface area contributed by atoms with Gasteiger partial charge in [-0.3, -0.25) is 0 Å². The Morgan fingerprint density at radius 3 is 1.96 bits per heavy atom. The smallest absolute Gasteiger partial charge is 0.319 e. The van der Waals surface area contributed by atoms with Crippen LogP contribution in [-0.4, -0.2) is 69.5 Å². The molecule has 1 aromatic carbocycles. The molecule has 0 saturated carbocycles. The Labute approximate surface area is 158 Å². The van der Waals surface area contributed by atoms with Gasteiger partial charge in [-0.15, -0.1) is 0 Å². The van der Waals surface area contributed by atoms with Crippen LogP contribution in [0.4, 0.5) is 9.59 Å². The first-order chi connectivity index (χ1) is 12.8. The number of methoxy groups -OCH3 is 3. The molecule has 27 heavy (non-hydrogen) atoms. The van der Waals surface area contributed by atoms with Gasteiger partial charge in [0.15, 0.2) is 11.5 Å². The van der Waals surface area contributed by atoms with Gasteiger partial charge in [0.1, 0.15) is 6.17 Å². The molecular formula is C18H26N4O5. The van der Waals surface area contributed by atoms with Crippen LogP contribution in [0.25, 0.3) is 0 Å². The maximum absolute atomic E-state index is 12.6. The molecule has 0 aliphatic carbocycles. The van der Waals surface area contributed by atoms with Crippen LogP contribution in [-0.2, 0) is 0 Å². The first-order valence-corrected chi connectivity index (χ1v) is 8.70. The Morgan fingerprint density at radius 2 is 1.44 bits per heavy atom. The highest BCUT2D eigenvalue weighted by atomic mass is 16.5. The number of hydrogen-bond donors (Lipinski definition) is 2. The third kappa shape index (κ3) is 2.96. The van der Waals surface area contributed by atoms with Crippen molar-refractivity contribution >= 4 is 12.1 Å². The summed E-state index contributed by atoms with van der Waals surface area (Å²) in [5.74, 6) is 1.44. The zero-order valence-electron chi connectivity index (χ0n) is 16.4. The molecule has 4 amide bonds. The highest BCUT2D eigenvalue weighted by molar-refractivity contribution is 5.80. The SMILES string of the molecule is COc1cc(C2C3C(C)NC(=O)N(C)C3NC(=O)N2C)cc(OC)c1OC. The van der Waals surface area contributed by atoms with Crippen molar-refractivity contribution in [2.75, 3.05) is 35.4 Å². The fourth-order valence-corrected chi connectivity index (χ4v) is 4.02. The minimum absolute atomic E-state index is 0.0850. The molecule has 2 saturated heterocycles. The quantitative estimate of drug-likeness (QED) is 0.826. The molecule has 1 aromatic rings. The monoisotopic (exact) mass is 378 g/mol. The van der Waals surface area contributed by atoms with Crippen LogP contribution in [0.2, 0.25) is 0 Å². The van der Waals surface area contributed by atoms with Crippen molar-refractivity contribution in [1.29, 1.82) is 0 Å². The molecule has 2 fully saturated rings. The lowest BCUT2D eigenvalue weighted by Gasteiger charge is -2.52. The second-order valence-corrected chi connectivity index (χ2v) is 6.84. The average Bonchev–Trinajstić information content (AvgIpc) is 2.66. The van der Waals surface area contributed by atoms with Gasteiger partial charge in [-0.2, -0.15) is 0 Å². The molecule has 3 rings (SSSR count). The first-order valence-electron chi connectivity index (χ1n) is 8.70. The summed E-state index contributed by atoms with van der Waals surface area (Å²) < 4.78 is 16.3. The van der Waals surface area contributed by atoms with Crippen LogP contribution in [0.3, 0.4) is 0 Å². The lowest BCUT2D eigenvalue weighted by Crippen LogP contribution is -2.71. The molecule has 0 radical (unpaired) electrons. The summed E-state index contributed by atoms with van der Waals surface area (Å²) in [7, 11) is 8.07. The fourth-order valence-electron chi connectivity index (χ4n) is 4.02. The molecule has 9 nitrogen and oxygen atoms in total. The number of fused-ring (bicyclic) bond motifs is 1. The summed E-state index contributed by atoms with van der Waals surface area (Å²) in [5.41, 5.74) is 0.841. The van der Waals surface area contributed by atoms with Crippen molar-refractivity contribution in [3.8, 4) is 17.2 Å². The molecule has 2 N–H and O–H groups in total. The Hall–Kier alpha value is -2.84. The van der Waals surface area contributed by atoms with Crippen LogP contribution in [0.15, 0.2) is 12.1 Å². The van der Waals surface area contributed by atoms with Gasteiger partial charge in [-0.25, -0.2) is 9.59 Å². The van der Waals surface area contributed by atoms with E-state index >= 15 is 0 Å². The number of urea groups is 2. The number of ether oxygens (including phenoxy) is 3. The topological polar surface area (TPSA) is 92.4 Å². The average molecular weight is 378 g/mol. The van der Waals surface area contributed by atoms with Crippen LogP contribution in [0.1, 0.15) is 18.5 Å². The Balaban J connectivity index is 2.12. The van der Waals surface area contributed by atoms with Crippen LogP contribution < -0.4 is 24.8 Å². The molecule has 0 spiro atoms. The van der Waals surface area contributed by atoms with Crippen molar-refractivity contribution in [2.45, 2.75) is 25.2 Å². The Kier molecular flexibility index (Phi) is 4.95. The van der Waals surface area contributed by atoms with Gasteiger partial charge in [0, 0.05) is 26.1 Å². The van der Waals surface area contributed by atoms with Gasteiger partial charge in [-0.05, 0) is 24.6 Å². The van der Waals surface area contributed by atoms with Gasteiger partial charge < -0.3 is 34.6 Å². The van der Waals surface area contributed by atoms with Crippen LogP contribution in [0, 0.1) is 5.92 Å². The Bertz CT molecular complexity index is 730. The molecular weight excluding hydrogens is 352 g/mol. The summed E-state index contributed by atoms with van der Waals surface area (Å²) in [5, 5.41) is 5.89. The zero-order chi connectivity index (χ0) is 19.9. The summed E-state index contributed by atoms with van der Waals surface area (Å²) in [4.78, 5) is 27.9. The van der Waals surface area contributed by atoms with Crippen LogP contribution in [0.5, 0.6) is 17.2 Å². The summed E-state index contributed by atoms with van der Waals surface area (Å²) in [6.07, 6.45) is -0.415. The lowest BCUT2D eigenvalue weighted by molar-refractivity contribution is 0.0247. The molecule has 9 heteroatoms. The van der Waals surface area contributed by atoms with Gasteiger partial charge in [0.2, 0.25) is 5.75 Å². The number of benzene rings is 1. The molecule has 0 aromatic heterocycles. The zero-order valence-corrected chi connectivity index (χ0v) is 16.4. The molecule has 148 valence electrons. The standard InChI is InChI=1S/C18H26N4O5/c1-9-13-14(10-7-11(25-4)15(27-6)12(8-10)26-5)21(2)18(24)20-16(13)22(3)17(23)19-9/h7-9,13-14,16H,1-6H3,(H,19,23)(H,20,24). The number of nitrogens with zero attached hydrogens (tertiary/aromatic N) is 2. The summed E-state index contributed by atoms with van der Waals surface area (Å²) in [6.45, 7) is 1.94. The van der Waals surface area contributed by atoms with Crippen molar-refractivity contribution in [3.63, 3.8) is 0 Å². The second-order valence-electron chi connectivity index (χ2n) is 6.84. The minimum atomic E-state index is -0.415. The predicted molar refractivity (Wildman–Crippen MR) is 98.2 cm³/mol. The number of carbonyl (C=O) groups excluding carboxylic acids is 2. The van der Waals surface area contributed by atoms with Crippen LogP contribution >= 0.6 is 0 Å². The molecule has 2 aliphatic heterocycles. The van der Waals surface area contributed by atoms with E-state index in [1.54, 1.807) is 40.3 Å². The summed E-state index contributed by atoms with van der Waals surface area (Å²) in [6, 6.07) is 2.80. The predicted octanol–water partition coefficient (Wildman–Crippen LogP) is 1.39. The normalized spacial score (nSPS) is 27.5.